The lowest BCUT2D eigenvalue weighted by Gasteiger charge is -2.14. The molecule has 4 heteroatoms. The molecule has 0 radical (unpaired) electrons. The van der Waals surface area contributed by atoms with Gasteiger partial charge in [0, 0.05) is 28.9 Å². The highest BCUT2D eigenvalue weighted by molar-refractivity contribution is 7.84. The highest BCUT2D eigenvalue weighted by atomic mass is 32.2. The Hall–Kier alpha value is -0.870. The molecule has 0 aliphatic carbocycles. The summed E-state index contributed by atoms with van der Waals surface area (Å²) in [6.45, 7) is 3.01. The summed E-state index contributed by atoms with van der Waals surface area (Å²) in [6.07, 6.45) is 2.68. The zero-order valence-corrected chi connectivity index (χ0v) is 11.5. The molecule has 1 aromatic rings. The van der Waals surface area contributed by atoms with Gasteiger partial charge in [-0.2, -0.15) is 0 Å². The monoisotopic (exact) mass is 255 g/mol. The van der Waals surface area contributed by atoms with Gasteiger partial charge in [-0.3, -0.25) is 4.21 Å². The number of methoxy groups -OCH3 is 1. The first kappa shape index (κ1) is 14.2. The number of rotatable bonds is 7. The van der Waals surface area contributed by atoms with E-state index in [9.17, 15) is 4.21 Å². The Morgan fingerprint density at radius 1 is 1.47 bits per heavy atom. The molecule has 0 saturated carbocycles. The van der Waals surface area contributed by atoms with Gasteiger partial charge in [0.05, 0.1) is 7.11 Å². The second-order valence-electron chi connectivity index (χ2n) is 4.08. The van der Waals surface area contributed by atoms with Crippen molar-refractivity contribution in [1.29, 1.82) is 0 Å². The molecule has 0 heterocycles. The fraction of sp³-hybridized carbons (Fsp3) is 0.538. The van der Waals surface area contributed by atoms with E-state index >= 15 is 0 Å². The van der Waals surface area contributed by atoms with Crippen LogP contribution in [0.3, 0.4) is 0 Å². The maximum atomic E-state index is 10.9. The summed E-state index contributed by atoms with van der Waals surface area (Å²) >= 11 is 0. The first-order chi connectivity index (χ1) is 8.13. The lowest BCUT2D eigenvalue weighted by atomic mass is 10.1. The van der Waals surface area contributed by atoms with Crippen molar-refractivity contribution in [2.75, 3.05) is 25.7 Å². The summed E-state index contributed by atoms with van der Waals surface area (Å²) in [5.41, 5.74) is 1.21. The van der Waals surface area contributed by atoms with Gasteiger partial charge in [-0.05, 0) is 37.6 Å². The van der Waals surface area contributed by atoms with E-state index < -0.39 is 10.8 Å². The summed E-state index contributed by atoms with van der Waals surface area (Å²) in [5.74, 6) is 1.64. The molecule has 1 rings (SSSR count). The second-order valence-corrected chi connectivity index (χ2v) is 5.64. The molecule has 0 aromatic heterocycles. The van der Waals surface area contributed by atoms with Crippen LogP contribution in [0, 0.1) is 0 Å². The first-order valence-corrected chi connectivity index (χ1v) is 7.53. The number of hydrogen-bond donors (Lipinski definition) is 1. The lowest BCUT2D eigenvalue weighted by molar-refractivity contribution is 0.413. The lowest BCUT2D eigenvalue weighted by Crippen LogP contribution is -2.21. The molecule has 0 bridgehead atoms. The van der Waals surface area contributed by atoms with E-state index in [2.05, 4.69) is 18.3 Å². The van der Waals surface area contributed by atoms with Crippen molar-refractivity contribution in [3.05, 3.63) is 29.8 Å². The predicted octanol–water partition coefficient (Wildman–Crippen LogP) is 2.11. The fourth-order valence-corrected chi connectivity index (χ4v) is 2.17. The molecule has 1 aromatic carbocycles. The first-order valence-electron chi connectivity index (χ1n) is 5.81. The second kappa shape index (κ2) is 7.45. The van der Waals surface area contributed by atoms with Crippen LogP contribution in [0.1, 0.15) is 24.9 Å². The van der Waals surface area contributed by atoms with Crippen LogP contribution in [0.4, 0.5) is 0 Å². The van der Waals surface area contributed by atoms with Gasteiger partial charge in [-0.25, -0.2) is 0 Å². The van der Waals surface area contributed by atoms with E-state index in [1.54, 1.807) is 13.4 Å². The zero-order valence-electron chi connectivity index (χ0n) is 10.7. The summed E-state index contributed by atoms with van der Waals surface area (Å²) in [5, 5.41) is 3.42. The van der Waals surface area contributed by atoms with Gasteiger partial charge in [0.25, 0.3) is 0 Å². The molecule has 0 aliphatic heterocycles. The van der Waals surface area contributed by atoms with E-state index in [0.29, 0.717) is 0 Å². The van der Waals surface area contributed by atoms with Crippen LogP contribution in [0.15, 0.2) is 24.3 Å². The summed E-state index contributed by atoms with van der Waals surface area (Å²) in [4.78, 5) is 0. The van der Waals surface area contributed by atoms with Crippen LogP contribution in [-0.4, -0.2) is 29.9 Å². The molecule has 1 N–H and O–H groups in total. The smallest absolute Gasteiger partial charge is 0.119 e. The molecule has 2 unspecified atom stereocenters. The van der Waals surface area contributed by atoms with Gasteiger partial charge in [0.2, 0.25) is 0 Å². The van der Waals surface area contributed by atoms with Gasteiger partial charge in [-0.15, -0.1) is 0 Å². The molecular weight excluding hydrogens is 234 g/mol. The molecule has 2 atom stereocenters. The minimum absolute atomic E-state index is 0.287. The van der Waals surface area contributed by atoms with Crippen LogP contribution in [0.25, 0.3) is 0 Å². The SMILES string of the molecule is COc1cccc(C(C)NCCCS(C)=O)c1. The van der Waals surface area contributed by atoms with Crippen molar-refractivity contribution in [3.63, 3.8) is 0 Å². The maximum absolute atomic E-state index is 10.9. The van der Waals surface area contributed by atoms with E-state index in [1.165, 1.54) is 5.56 Å². The predicted molar refractivity (Wildman–Crippen MR) is 73.0 cm³/mol. The summed E-state index contributed by atoms with van der Waals surface area (Å²) in [6, 6.07) is 8.34. The van der Waals surface area contributed by atoms with Crippen molar-refractivity contribution in [3.8, 4) is 5.75 Å². The van der Waals surface area contributed by atoms with Crippen molar-refractivity contribution >= 4 is 10.8 Å². The molecule has 0 fully saturated rings. The molecule has 3 nitrogen and oxygen atoms in total. The molecular formula is C13H21NO2S. The molecule has 0 amide bonds. The van der Waals surface area contributed by atoms with Gasteiger partial charge in [-0.1, -0.05) is 12.1 Å². The van der Waals surface area contributed by atoms with Crippen LogP contribution in [0.2, 0.25) is 0 Å². The van der Waals surface area contributed by atoms with Crippen molar-refractivity contribution < 1.29 is 8.95 Å². The maximum Gasteiger partial charge on any atom is 0.119 e. The number of benzene rings is 1. The average Bonchev–Trinajstić information content (AvgIpc) is 2.34. The topological polar surface area (TPSA) is 38.3 Å². The molecule has 0 saturated heterocycles. The Morgan fingerprint density at radius 3 is 2.88 bits per heavy atom. The Bertz CT molecular complexity index is 368. The van der Waals surface area contributed by atoms with Gasteiger partial charge < -0.3 is 10.1 Å². The standard InChI is InChI=1S/C13H21NO2S/c1-11(14-8-5-9-17(3)15)12-6-4-7-13(10-12)16-2/h4,6-7,10-11,14H,5,8-9H2,1-3H3. The Labute approximate surface area is 106 Å². The van der Waals surface area contributed by atoms with Crippen molar-refractivity contribution in [2.24, 2.45) is 0 Å². The third kappa shape index (κ3) is 5.33. The highest BCUT2D eigenvalue weighted by Gasteiger charge is 2.05. The van der Waals surface area contributed by atoms with E-state index in [1.807, 2.05) is 18.2 Å². The summed E-state index contributed by atoms with van der Waals surface area (Å²) in [7, 11) is 0.985. The van der Waals surface area contributed by atoms with E-state index in [0.717, 1.165) is 24.5 Å². The minimum atomic E-state index is -0.690. The summed E-state index contributed by atoms with van der Waals surface area (Å²) < 4.78 is 16.1. The number of ether oxygens (including phenoxy) is 1. The number of nitrogens with one attached hydrogen (secondary N) is 1. The quantitative estimate of drug-likeness (QED) is 0.758. The fourth-order valence-electron chi connectivity index (χ4n) is 1.62. The molecule has 96 valence electrons. The van der Waals surface area contributed by atoms with Crippen molar-refractivity contribution in [1.82, 2.24) is 5.32 Å². The largest absolute Gasteiger partial charge is 0.497 e. The normalized spacial score (nSPS) is 14.3. The van der Waals surface area contributed by atoms with Crippen LogP contribution in [-0.2, 0) is 10.8 Å². The minimum Gasteiger partial charge on any atom is -0.497 e. The van der Waals surface area contributed by atoms with Crippen LogP contribution in [0.5, 0.6) is 5.75 Å². The average molecular weight is 255 g/mol. The van der Waals surface area contributed by atoms with Crippen LogP contribution >= 0.6 is 0 Å². The van der Waals surface area contributed by atoms with Gasteiger partial charge in [0.15, 0.2) is 0 Å². The van der Waals surface area contributed by atoms with E-state index in [-0.39, 0.29) is 6.04 Å². The zero-order chi connectivity index (χ0) is 12.7. The van der Waals surface area contributed by atoms with Gasteiger partial charge >= 0.3 is 0 Å². The highest BCUT2D eigenvalue weighted by Crippen LogP contribution is 2.18. The third-order valence-corrected chi connectivity index (χ3v) is 3.52. The Kier molecular flexibility index (Phi) is 6.22. The van der Waals surface area contributed by atoms with Gasteiger partial charge in [0.1, 0.15) is 5.75 Å². The number of hydrogen-bond acceptors (Lipinski definition) is 3. The van der Waals surface area contributed by atoms with Crippen LogP contribution < -0.4 is 10.1 Å². The Balaban J connectivity index is 2.40. The third-order valence-electron chi connectivity index (χ3n) is 2.65. The van der Waals surface area contributed by atoms with Crippen molar-refractivity contribution in [2.45, 2.75) is 19.4 Å². The molecule has 0 aliphatic rings. The van der Waals surface area contributed by atoms with E-state index in [4.69, 9.17) is 4.74 Å². The Morgan fingerprint density at radius 2 is 2.24 bits per heavy atom. The molecule has 0 spiro atoms. The molecule has 17 heavy (non-hydrogen) atoms.